The van der Waals surface area contributed by atoms with Crippen molar-refractivity contribution < 1.29 is 14.3 Å². The van der Waals surface area contributed by atoms with Crippen LogP contribution in [-0.4, -0.2) is 30.9 Å². The highest BCUT2D eigenvalue weighted by Gasteiger charge is 2.16. The number of hydrogen-bond acceptors (Lipinski definition) is 5. The van der Waals surface area contributed by atoms with Gasteiger partial charge in [-0.3, -0.25) is 4.79 Å². The summed E-state index contributed by atoms with van der Waals surface area (Å²) in [7, 11) is 0. The monoisotopic (exact) mass is 278 g/mol. The second-order valence-corrected chi connectivity index (χ2v) is 4.80. The molecule has 0 saturated carbocycles. The quantitative estimate of drug-likeness (QED) is 0.787. The number of rotatable bonds is 3. The van der Waals surface area contributed by atoms with Crippen molar-refractivity contribution in [3.05, 3.63) is 35.1 Å². The van der Waals surface area contributed by atoms with E-state index in [1.165, 1.54) is 10.6 Å². The number of hydrogen-bond donors (Lipinski definition) is 1. The fourth-order valence-corrected chi connectivity index (χ4v) is 2.49. The minimum atomic E-state index is -0.975. The Bertz CT molecular complexity index is 767. The van der Waals surface area contributed by atoms with Crippen molar-refractivity contribution in [1.29, 1.82) is 0 Å². The Balaban J connectivity index is 2.12. The largest absolute Gasteiger partial charge is 0.481 e. The van der Waals surface area contributed by atoms with Crippen molar-refractivity contribution in [2.24, 2.45) is 0 Å². The fraction of sp³-hybridized carbons (Fsp3) is 0.0909. The van der Waals surface area contributed by atoms with Gasteiger partial charge in [0.1, 0.15) is 10.8 Å². The van der Waals surface area contributed by atoms with E-state index >= 15 is 0 Å². The predicted octanol–water partition coefficient (Wildman–Crippen LogP) is 1.62. The molecule has 8 heteroatoms. The molecule has 0 amide bonds. The van der Waals surface area contributed by atoms with Gasteiger partial charge in [0.25, 0.3) is 0 Å². The van der Waals surface area contributed by atoms with E-state index in [4.69, 9.17) is 5.11 Å². The molecule has 0 spiro atoms. The van der Waals surface area contributed by atoms with Gasteiger partial charge in [0.2, 0.25) is 4.96 Å². The minimum Gasteiger partial charge on any atom is -0.481 e. The summed E-state index contributed by atoms with van der Waals surface area (Å²) in [6.07, 6.45) is -0.190. The molecule has 0 aliphatic carbocycles. The molecule has 1 aromatic carbocycles. The van der Waals surface area contributed by atoms with Crippen molar-refractivity contribution in [2.75, 3.05) is 0 Å². The van der Waals surface area contributed by atoms with Crippen LogP contribution in [0.5, 0.6) is 0 Å². The van der Waals surface area contributed by atoms with Gasteiger partial charge in [-0.1, -0.05) is 23.5 Å². The van der Waals surface area contributed by atoms with Crippen LogP contribution in [-0.2, 0) is 11.2 Å². The maximum atomic E-state index is 13.7. The van der Waals surface area contributed by atoms with Crippen LogP contribution in [0, 0.1) is 5.82 Å². The number of carbonyl (C=O) groups is 1. The average molecular weight is 278 g/mol. The lowest BCUT2D eigenvalue weighted by atomic mass is 10.2. The van der Waals surface area contributed by atoms with E-state index in [0.29, 0.717) is 9.97 Å². The van der Waals surface area contributed by atoms with Crippen molar-refractivity contribution in [3.63, 3.8) is 0 Å². The molecule has 19 heavy (non-hydrogen) atoms. The smallest absolute Gasteiger partial charge is 0.310 e. The zero-order chi connectivity index (χ0) is 13.4. The van der Waals surface area contributed by atoms with Crippen LogP contribution in [0.2, 0.25) is 0 Å². The first-order valence-corrected chi connectivity index (χ1v) is 6.14. The summed E-state index contributed by atoms with van der Waals surface area (Å²) in [6.45, 7) is 0. The Morgan fingerprint density at radius 1 is 1.37 bits per heavy atom. The molecule has 0 radical (unpaired) electrons. The van der Waals surface area contributed by atoms with Gasteiger partial charge in [-0.15, -0.1) is 10.2 Å². The molecule has 3 rings (SSSR count). The molecule has 0 unspecified atom stereocenters. The van der Waals surface area contributed by atoms with E-state index < -0.39 is 11.8 Å². The molecule has 0 aliphatic rings. The van der Waals surface area contributed by atoms with Gasteiger partial charge in [0.05, 0.1) is 12.0 Å². The van der Waals surface area contributed by atoms with Gasteiger partial charge in [0.15, 0.2) is 5.82 Å². The summed E-state index contributed by atoms with van der Waals surface area (Å²) in [5.74, 6) is -1.14. The number of carboxylic acids is 1. The lowest BCUT2D eigenvalue weighted by Crippen LogP contribution is -2.01. The number of aliphatic carboxylic acids is 1. The molecule has 6 nitrogen and oxygen atoms in total. The van der Waals surface area contributed by atoms with Crippen LogP contribution in [0.15, 0.2) is 24.3 Å². The Hall–Kier alpha value is -2.35. The van der Waals surface area contributed by atoms with Crippen molar-refractivity contribution >= 4 is 22.3 Å². The number of halogens is 1. The van der Waals surface area contributed by atoms with Crippen LogP contribution in [0.1, 0.15) is 5.01 Å². The highest BCUT2D eigenvalue weighted by Crippen LogP contribution is 2.23. The number of aromatic nitrogens is 4. The molecule has 0 bridgehead atoms. The SMILES string of the molecule is O=C(O)Cc1nn2c(-c3ccccc3F)nnc2s1. The maximum absolute atomic E-state index is 13.7. The number of benzene rings is 1. The van der Waals surface area contributed by atoms with Crippen molar-refractivity contribution in [3.8, 4) is 11.4 Å². The molecule has 2 heterocycles. The van der Waals surface area contributed by atoms with Gasteiger partial charge >= 0.3 is 5.97 Å². The first-order valence-electron chi connectivity index (χ1n) is 5.33. The van der Waals surface area contributed by atoms with Gasteiger partial charge in [-0.2, -0.15) is 9.61 Å². The molecule has 0 fully saturated rings. The maximum Gasteiger partial charge on any atom is 0.310 e. The zero-order valence-corrected chi connectivity index (χ0v) is 10.3. The van der Waals surface area contributed by atoms with E-state index in [2.05, 4.69) is 15.3 Å². The summed E-state index contributed by atoms with van der Waals surface area (Å²) in [5.41, 5.74) is 0.280. The zero-order valence-electron chi connectivity index (χ0n) is 9.45. The Labute approximate surface area is 110 Å². The summed E-state index contributed by atoms with van der Waals surface area (Å²) < 4.78 is 15.1. The van der Waals surface area contributed by atoms with Crippen molar-refractivity contribution in [2.45, 2.75) is 6.42 Å². The molecular formula is C11H7FN4O2S. The number of fused-ring (bicyclic) bond motifs is 1. The normalized spacial score (nSPS) is 11.0. The van der Waals surface area contributed by atoms with Crippen molar-refractivity contribution in [1.82, 2.24) is 19.8 Å². The Morgan fingerprint density at radius 2 is 2.16 bits per heavy atom. The first kappa shape index (κ1) is 11.7. The van der Waals surface area contributed by atoms with Crippen LogP contribution in [0.3, 0.4) is 0 Å². The van der Waals surface area contributed by atoms with Crippen LogP contribution in [0.25, 0.3) is 16.3 Å². The molecule has 3 aromatic rings. The predicted molar refractivity (Wildman–Crippen MR) is 65.4 cm³/mol. The molecule has 0 atom stereocenters. The third-order valence-electron chi connectivity index (χ3n) is 2.45. The van der Waals surface area contributed by atoms with Gasteiger partial charge < -0.3 is 5.11 Å². The molecule has 96 valence electrons. The minimum absolute atomic E-state index is 0.190. The van der Waals surface area contributed by atoms with Gasteiger partial charge in [-0.05, 0) is 12.1 Å². The standard InChI is InChI=1S/C11H7FN4O2S/c12-7-4-2-1-3-6(7)10-13-14-11-16(10)15-8(19-11)5-9(17)18/h1-4H,5H2,(H,17,18). The molecule has 2 aromatic heterocycles. The number of nitrogens with zero attached hydrogens (tertiary/aromatic N) is 4. The number of carboxylic acid groups (broad SMARTS) is 1. The lowest BCUT2D eigenvalue weighted by molar-refractivity contribution is -0.136. The summed E-state index contributed by atoms with van der Waals surface area (Å²) in [5, 5.41) is 21.0. The molecular weight excluding hydrogens is 271 g/mol. The molecule has 0 aliphatic heterocycles. The van der Waals surface area contributed by atoms with E-state index in [1.54, 1.807) is 18.2 Å². The van der Waals surface area contributed by atoms with E-state index in [-0.39, 0.29) is 17.8 Å². The van der Waals surface area contributed by atoms with Crippen LogP contribution in [0.4, 0.5) is 4.39 Å². The van der Waals surface area contributed by atoms with Crippen LogP contribution >= 0.6 is 11.3 Å². The highest BCUT2D eigenvalue weighted by atomic mass is 32.1. The summed E-state index contributed by atoms with van der Waals surface area (Å²) in [6, 6.07) is 6.15. The topological polar surface area (TPSA) is 80.4 Å². The fourth-order valence-electron chi connectivity index (χ4n) is 1.67. The van der Waals surface area contributed by atoms with E-state index in [1.807, 2.05) is 0 Å². The average Bonchev–Trinajstić information content (AvgIpc) is 2.89. The second kappa shape index (κ2) is 4.39. The Kier molecular flexibility index (Phi) is 2.71. The van der Waals surface area contributed by atoms with Gasteiger partial charge in [0, 0.05) is 0 Å². The van der Waals surface area contributed by atoms with E-state index in [9.17, 15) is 9.18 Å². The van der Waals surface area contributed by atoms with E-state index in [0.717, 1.165) is 11.3 Å². The summed E-state index contributed by atoms with van der Waals surface area (Å²) in [4.78, 5) is 11.1. The summed E-state index contributed by atoms with van der Waals surface area (Å²) >= 11 is 1.12. The van der Waals surface area contributed by atoms with Gasteiger partial charge in [-0.25, -0.2) is 4.39 Å². The molecule has 0 saturated heterocycles. The second-order valence-electron chi connectivity index (χ2n) is 3.76. The third-order valence-corrected chi connectivity index (χ3v) is 3.35. The highest BCUT2D eigenvalue weighted by molar-refractivity contribution is 7.16. The third kappa shape index (κ3) is 2.06. The first-order chi connectivity index (χ1) is 9.15. The lowest BCUT2D eigenvalue weighted by Gasteiger charge is -1.97. The molecule has 1 N–H and O–H groups in total. The Morgan fingerprint density at radius 3 is 2.89 bits per heavy atom. The van der Waals surface area contributed by atoms with Crippen LogP contribution < -0.4 is 0 Å².